The predicted molar refractivity (Wildman–Crippen MR) is 91.1 cm³/mol. The molecule has 1 aliphatic carbocycles. The third-order valence-corrected chi connectivity index (χ3v) is 4.40. The van der Waals surface area contributed by atoms with Crippen LogP contribution < -0.4 is 4.90 Å². The standard InChI is InChI=1S/C18H23ClN2/c1-13(2)9-10-21(15-7-8-15)18-11-14(12-19)20-17-6-4-3-5-16(17)18/h3-6,11,13,15H,7-10,12H2,1-2H3. The third-order valence-electron chi connectivity index (χ3n) is 4.13. The Morgan fingerprint density at radius 3 is 2.71 bits per heavy atom. The molecule has 0 bridgehead atoms. The second-order valence-electron chi connectivity index (χ2n) is 6.39. The zero-order valence-corrected chi connectivity index (χ0v) is 13.6. The van der Waals surface area contributed by atoms with Crippen LogP contribution in [0.3, 0.4) is 0 Å². The lowest BCUT2D eigenvalue weighted by Crippen LogP contribution is -2.28. The van der Waals surface area contributed by atoms with Gasteiger partial charge >= 0.3 is 0 Å². The van der Waals surface area contributed by atoms with Gasteiger partial charge in [0, 0.05) is 23.7 Å². The number of alkyl halides is 1. The minimum atomic E-state index is 0.473. The number of hydrogen-bond acceptors (Lipinski definition) is 2. The number of para-hydroxylation sites is 1. The molecule has 0 spiro atoms. The largest absolute Gasteiger partial charge is 0.368 e. The zero-order chi connectivity index (χ0) is 14.8. The summed E-state index contributed by atoms with van der Waals surface area (Å²) in [5, 5.41) is 1.25. The molecule has 0 radical (unpaired) electrons. The molecule has 1 fully saturated rings. The molecule has 0 N–H and O–H groups in total. The summed E-state index contributed by atoms with van der Waals surface area (Å²) in [7, 11) is 0. The summed E-state index contributed by atoms with van der Waals surface area (Å²) in [5.74, 6) is 1.20. The number of fused-ring (bicyclic) bond motifs is 1. The van der Waals surface area contributed by atoms with Crippen molar-refractivity contribution in [2.45, 2.75) is 45.0 Å². The molecule has 1 aromatic heterocycles. The van der Waals surface area contributed by atoms with E-state index >= 15 is 0 Å². The van der Waals surface area contributed by atoms with Crippen molar-refractivity contribution in [1.29, 1.82) is 0 Å². The maximum absolute atomic E-state index is 6.05. The highest BCUT2D eigenvalue weighted by Crippen LogP contribution is 2.36. The van der Waals surface area contributed by atoms with Crippen LogP contribution in [-0.4, -0.2) is 17.6 Å². The first kappa shape index (κ1) is 14.6. The van der Waals surface area contributed by atoms with Crippen LogP contribution in [-0.2, 0) is 5.88 Å². The van der Waals surface area contributed by atoms with Crippen molar-refractivity contribution >= 4 is 28.2 Å². The van der Waals surface area contributed by atoms with Crippen molar-refractivity contribution in [3.63, 3.8) is 0 Å². The van der Waals surface area contributed by atoms with Gasteiger partial charge in [-0.15, -0.1) is 11.6 Å². The van der Waals surface area contributed by atoms with Gasteiger partial charge in [-0.05, 0) is 37.3 Å². The van der Waals surface area contributed by atoms with Crippen LogP contribution in [0.2, 0.25) is 0 Å². The molecule has 1 aliphatic rings. The number of anilines is 1. The zero-order valence-electron chi connectivity index (χ0n) is 12.8. The molecule has 0 aliphatic heterocycles. The molecule has 2 aromatic rings. The van der Waals surface area contributed by atoms with Gasteiger partial charge in [0.15, 0.2) is 0 Å². The van der Waals surface area contributed by atoms with E-state index in [1.54, 1.807) is 0 Å². The van der Waals surface area contributed by atoms with E-state index in [0.29, 0.717) is 11.9 Å². The highest BCUT2D eigenvalue weighted by atomic mass is 35.5. The molecule has 112 valence electrons. The maximum atomic E-state index is 6.05. The first-order chi connectivity index (χ1) is 10.2. The van der Waals surface area contributed by atoms with E-state index < -0.39 is 0 Å². The molecule has 3 rings (SSSR count). The quantitative estimate of drug-likeness (QED) is 0.699. The molecule has 2 nitrogen and oxygen atoms in total. The Bertz CT molecular complexity index is 620. The summed E-state index contributed by atoms with van der Waals surface area (Å²) >= 11 is 6.05. The third kappa shape index (κ3) is 3.32. The molecule has 0 saturated heterocycles. The fraction of sp³-hybridized carbons (Fsp3) is 0.500. The monoisotopic (exact) mass is 302 g/mol. The Labute approximate surface area is 132 Å². The van der Waals surface area contributed by atoms with Crippen LogP contribution in [0.5, 0.6) is 0 Å². The molecule has 3 heteroatoms. The van der Waals surface area contributed by atoms with Gasteiger partial charge in [-0.25, -0.2) is 0 Å². The van der Waals surface area contributed by atoms with Gasteiger partial charge in [0.2, 0.25) is 0 Å². The van der Waals surface area contributed by atoms with Gasteiger partial charge in [-0.3, -0.25) is 4.98 Å². The normalized spacial score (nSPS) is 14.9. The average Bonchev–Trinajstić information content (AvgIpc) is 3.31. The Balaban J connectivity index is 2.02. The maximum Gasteiger partial charge on any atom is 0.0726 e. The molecule has 1 aromatic carbocycles. The minimum absolute atomic E-state index is 0.473. The number of nitrogens with zero attached hydrogens (tertiary/aromatic N) is 2. The van der Waals surface area contributed by atoms with Crippen molar-refractivity contribution < 1.29 is 0 Å². The Kier molecular flexibility index (Phi) is 4.34. The van der Waals surface area contributed by atoms with Crippen LogP contribution >= 0.6 is 11.6 Å². The van der Waals surface area contributed by atoms with Gasteiger partial charge in [0.05, 0.1) is 17.1 Å². The van der Waals surface area contributed by atoms with E-state index in [1.165, 1.54) is 30.3 Å². The van der Waals surface area contributed by atoms with E-state index in [4.69, 9.17) is 11.6 Å². The molecule has 0 atom stereocenters. The molecule has 0 amide bonds. The van der Waals surface area contributed by atoms with Gasteiger partial charge < -0.3 is 4.90 Å². The van der Waals surface area contributed by atoms with Gasteiger partial charge in [-0.2, -0.15) is 0 Å². The topological polar surface area (TPSA) is 16.1 Å². The summed E-state index contributed by atoms with van der Waals surface area (Å²) in [6.45, 7) is 5.71. The molecule has 21 heavy (non-hydrogen) atoms. The second kappa shape index (κ2) is 6.23. The Hall–Kier alpha value is -1.28. The first-order valence-corrected chi connectivity index (χ1v) is 8.43. The highest BCUT2D eigenvalue weighted by molar-refractivity contribution is 6.17. The van der Waals surface area contributed by atoms with Crippen molar-refractivity contribution in [2.24, 2.45) is 5.92 Å². The lowest BCUT2D eigenvalue weighted by molar-refractivity contribution is 0.571. The Morgan fingerprint density at radius 1 is 1.29 bits per heavy atom. The molecule has 1 heterocycles. The van der Waals surface area contributed by atoms with Crippen molar-refractivity contribution in [1.82, 2.24) is 4.98 Å². The average molecular weight is 303 g/mol. The number of halogens is 1. The number of benzene rings is 1. The number of rotatable bonds is 6. The molecule has 1 saturated carbocycles. The molecular weight excluding hydrogens is 280 g/mol. The van der Waals surface area contributed by atoms with Gasteiger partial charge in [0.25, 0.3) is 0 Å². The fourth-order valence-corrected chi connectivity index (χ4v) is 2.94. The lowest BCUT2D eigenvalue weighted by Gasteiger charge is -2.27. The number of pyridine rings is 1. The van der Waals surface area contributed by atoms with Crippen molar-refractivity contribution in [2.75, 3.05) is 11.4 Å². The lowest BCUT2D eigenvalue weighted by atomic mass is 10.1. The van der Waals surface area contributed by atoms with E-state index in [1.807, 2.05) is 6.07 Å². The van der Waals surface area contributed by atoms with E-state index in [9.17, 15) is 0 Å². The molecular formula is C18H23ClN2. The van der Waals surface area contributed by atoms with Gasteiger partial charge in [0.1, 0.15) is 0 Å². The van der Waals surface area contributed by atoms with Crippen LogP contribution in [0, 0.1) is 5.92 Å². The molecule has 0 unspecified atom stereocenters. The van der Waals surface area contributed by atoms with E-state index in [0.717, 1.165) is 23.7 Å². The van der Waals surface area contributed by atoms with E-state index in [2.05, 4.69) is 48.0 Å². The van der Waals surface area contributed by atoms with Crippen molar-refractivity contribution in [3.8, 4) is 0 Å². The second-order valence-corrected chi connectivity index (χ2v) is 6.66. The first-order valence-electron chi connectivity index (χ1n) is 7.90. The predicted octanol–water partition coefficient (Wildman–Crippen LogP) is 4.99. The van der Waals surface area contributed by atoms with Crippen LogP contribution in [0.1, 0.15) is 38.8 Å². The smallest absolute Gasteiger partial charge is 0.0726 e. The summed E-state index contributed by atoms with van der Waals surface area (Å²) in [4.78, 5) is 7.24. The summed E-state index contributed by atoms with van der Waals surface area (Å²) in [6.07, 6.45) is 3.85. The van der Waals surface area contributed by atoms with Crippen molar-refractivity contribution in [3.05, 3.63) is 36.0 Å². The fourth-order valence-electron chi connectivity index (χ4n) is 2.80. The SMILES string of the molecule is CC(C)CCN(c1cc(CCl)nc2ccccc12)C1CC1. The van der Waals surface area contributed by atoms with Crippen LogP contribution in [0.25, 0.3) is 10.9 Å². The van der Waals surface area contributed by atoms with E-state index in [-0.39, 0.29) is 0 Å². The summed E-state index contributed by atoms with van der Waals surface area (Å²) in [5.41, 5.74) is 3.35. The van der Waals surface area contributed by atoms with Crippen LogP contribution in [0.15, 0.2) is 30.3 Å². The van der Waals surface area contributed by atoms with Crippen LogP contribution in [0.4, 0.5) is 5.69 Å². The minimum Gasteiger partial charge on any atom is -0.368 e. The summed E-state index contributed by atoms with van der Waals surface area (Å²) in [6, 6.07) is 11.3. The number of aromatic nitrogens is 1. The Morgan fingerprint density at radius 2 is 2.05 bits per heavy atom. The highest BCUT2D eigenvalue weighted by Gasteiger charge is 2.30. The van der Waals surface area contributed by atoms with Gasteiger partial charge in [-0.1, -0.05) is 32.0 Å². The summed E-state index contributed by atoms with van der Waals surface area (Å²) < 4.78 is 0. The number of hydrogen-bond donors (Lipinski definition) is 0.